The van der Waals surface area contributed by atoms with Gasteiger partial charge in [0, 0.05) is 12.0 Å². The summed E-state index contributed by atoms with van der Waals surface area (Å²) in [5, 5.41) is 3.11. The fourth-order valence-corrected chi connectivity index (χ4v) is 6.25. The predicted octanol–water partition coefficient (Wildman–Crippen LogP) is 5.79. The van der Waals surface area contributed by atoms with E-state index in [-0.39, 0.29) is 17.5 Å². The van der Waals surface area contributed by atoms with Crippen LogP contribution in [0.4, 0.5) is 5.69 Å². The second-order valence-electron chi connectivity index (χ2n) is 9.61. The van der Waals surface area contributed by atoms with Gasteiger partial charge in [0.15, 0.2) is 0 Å². The Kier molecular flexibility index (Phi) is 8.31. The first-order valence-electron chi connectivity index (χ1n) is 13.1. The van der Waals surface area contributed by atoms with Crippen molar-refractivity contribution >= 4 is 21.6 Å². The van der Waals surface area contributed by atoms with E-state index in [0.717, 1.165) is 34.0 Å². The summed E-state index contributed by atoms with van der Waals surface area (Å²) in [5.74, 6) is 0.989. The summed E-state index contributed by atoms with van der Waals surface area (Å²) in [6.45, 7) is 8.07. The zero-order valence-corrected chi connectivity index (χ0v) is 23.3. The summed E-state index contributed by atoms with van der Waals surface area (Å²) in [7, 11) is -4.02. The molecule has 202 valence electrons. The first kappa shape index (κ1) is 27.5. The molecule has 0 bridgehead atoms. The summed E-state index contributed by atoms with van der Waals surface area (Å²) < 4.78 is 40.6. The first-order valence-corrected chi connectivity index (χ1v) is 14.5. The normalized spacial score (nSPS) is 16.2. The van der Waals surface area contributed by atoms with E-state index in [1.807, 2.05) is 38.1 Å². The highest BCUT2D eigenvalue weighted by atomic mass is 32.2. The van der Waals surface area contributed by atoms with E-state index in [4.69, 9.17) is 9.47 Å². The Hall–Kier alpha value is -3.52. The Balaban J connectivity index is 1.65. The Labute approximate surface area is 225 Å². The van der Waals surface area contributed by atoms with Crippen LogP contribution in [0.15, 0.2) is 77.7 Å². The molecule has 1 amide bonds. The topological polar surface area (TPSA) is 84.9 Å². The van der Waals surface area contributed by atoms with E-state index in [1.54, 1.807) is 48.5 Å². The summed E-state index contributed by atoms with van der Waals surface area (Å²) in [4.78, 5) is 13.6. The van der Waals surface area contributed by atoms with E-state index in [9.17, 15) is 13.2 Å². The fourth-order valence-electron chi connectivity index (χ4n) is 4.83. The Morgan fingerprint density at radius 3 is 2.29 bits per heavy atom. The lowest BCUT2D eigenvalue weighted by molar-refractivity contribution is -0.121. The number of para-hydroxylation sites is 1. The number of nitrogens with zero attached hydrogens (tertiary/aromatic N) is 1. The van der Waals surface area contributed by atoms with Crippen LogP contribution in [-0.4, -0.2) is 33.1 Å². The summed E-state index contributed by atoms with van der Waals surface area (Å²) >= 11 is 0. The van der Waals surface area contributed by atoms with Crippen LogP contribution in [0.2, 0.25) is 0 Å². The van der Waals surface area contributed by atoms with E-state index in [1.165, 1.54) is 0 Å². The number of amides is 1. The highest BCUT2D eigenvalue weighted by molar-refractivity contribution is 7.92. The molecule has 1 aliphatic heterocycles. The molecule has 38 heavy (non-hydrogen) atoms. The van der Waals surface area contributed by atoms with Crippen LogP contribution in [0.25, 0.3) is 0 Å². The molecule has 3 aromatic carbocycles. The minimum atomic E-state index is -4.02. The molecule has 1 N–H and O–H groups in total. The highest BCUT2D eigenvalue weighted by Gasteiger charge is 2.39. The molecular formula is C30H36N2O5S. The number of sulfonamides is 1. The maximum absolute atomic E-state index is 13.8. The largest absolute Gasteiger partial charge is 0.494 e. The SMILES string of the molecule is CCOc1ccc(N(CC(=O)N[C@@H]2CC(CC)(CC)Oc3ccccc32)S(=O)(=O)c2ccc(C)cc2)cc1. The van der Waals surface area contributed by atoms with Gasteiger partial charge in [-0.1, -0.05) is 49.7 Å². The average Bonchev–Trinajstić information content (AvgIpc) is 2.92. The summed E-state index contributed by atoms with van der Waals surface area (Å²) in [6.07, 6.45) is 2.20. The van der Waals surface area contributed by atoms with Crippen molar-refractivity contribution in [2.45, 2.75) is 63.5 Å². The van der Waals surface area contributed by atoms with Crippen molar-refractivity contribution in [3.8, 4) is 11.5 Å². The number of fused-ring (bicyclic) bond motifs is 1. The van der Waals surface area contributed by atoms with Crippen LogP contribution in [0.1, 0.15) is 57.2 Å². The molecule has 1 heterocycles. The number of rotatable bonds is 10. The lowest BCUT2D eigenvalue weighted by atomic mass is 9.83. The molecule has 7 nitrogen and oxygen atoms in total. The van der Waals surface area contributed by atoms with Crippen LogP contribution in [0.3, 0.4) is 0 Å². The number of hydrogen-bond acceptors (Lipinski definition) is 5. The van der Waals surface area contributed by atoms with Crippen LogP contribution in [-0.2, 0) is 14.8 Å². The standard InChI is InChI=1S/C30H36N2O5S/c1-5-30(6-2)20-27(26-10-8-9-11-28(26)37-30)31-29(33)21-32(23-14-16-24(17-15-23)36-7-3)38(34,35)25-18-12-22(4)13-19-25/h8-19,27H,5-7,20-21H2,1-4H3,(H,31,33)/t27-/m1/s1. The average molecular weight is 537 g/mol. The lowest BCUT2D eigenvalue weighted by Crippen LogP contribution is -2.47. The monoisotopic (exact) mass is 536 g/mol. The van der Waals surface area contributed by atoms with Crippen molar-refractivity contribution in [2.75, 3.05) is 17.5 Å². The third kappa shape index (κ3) is 5.80. The van der Waals surface area contributed by atoms with Gasteiger partial charge in [0.1, 0.15) is 23.6 Å². The third-order valence-corrected chi connectivity index (χ3v) is 8.94. The number of aryl methyl sites for hydroxylation is 1. The number of hydrogen-bond donors (Lipinski definition) is 1. The maximum Gasteiger partial charge on any atom is 0.264 e. The van der Waals surface area contributed by atoms with Crippen molar-refractivity contribution < 1.29 is 22.7 Å². The zero-order chi connectivity index (χ0) is 27.3. The minimum Gasteiger partial charge on any atom is -0.494 e. The van der Waals surface area contributed by atoms with Gasteiger partial charge in [0.25, 0.3) is 10.0 Å². The number of carbonyl (C=O) groups is 1. The third-order valence-electron chi connectivity index (χ3n) is 7.15. The second-order valence-corrected chi connectivity index (χ2v) is 11.5. The predicted molar refractivity (Wildman–Crippen MR) is 149 cm³/mol. The smallest absolute Gasteiger partial charge is 0.264 e. The molecule has 8 heteroatoms. The Morgan fingerprint density at radius 2 is 1.66 bits per heavy atom. The van der Waals surface area contributed by atoms with Gasteiger partial charge < -0.3 is 14.8 Å². The van der Waals surface area contributed by atoms with Crippen molar-refractivity contribution in [1.82, 2.24) is 5.32 Å². The molecule has 4 rings (SSSR count). The van der Waals surface area contributed by atoms with Crippen molar-refractivity contribution in [3.05, 3.63) is 83.9 Å². The molecule has 0 aromatic heterocycles. The van der Waals surface area contributed by atoms with Crippen LogP contribution in [0.5, 0.6) is 11.5 Å². The number of benzene rings is 3. The maximum atomic E-state index is 13.8. The number of ether oxygens (including phenoxy) is 2. The Bertz CT molecular complexity index is 1350. The molecule has 3 aromatic rings. The van der Waals surface area contributed by atoms with Crippen molar-refractivity contribution in [3.63, 3.8) is 0 Å². The van der Waals surface area contributed by atoms with Gasteiger partial charge in [-0.2, -0.15) is 0 Å². The molecule has 0 radical (unpaired) electrons. The van der Waals surface area contributed by atoms with Crippen LogP contribution >= 0.6 is 0 Å². The van der Waals surface area contributed by atoms with Gasteiger partial charge in [-0.25, -0.2) is 8.42 Å². The molecule has 1 aliphatic rings. The van der Waals surface area contributed by atoms with E-state index >= 15 is 0 Å². The summed E-state index contributed by atoms with van der Waals surface area (Å²) in [5.41, 5.74) is 1.83. The fraction of sp³-hybridized carbons (Fsp3) is 0.367. The molecule has 1 atom stereocenters. The number of anilines is 1. The molecule has 0 saturated heterocycles. The molecular weight excluding hydrogens is 500 g/mol. The second kappa shape index (κ2) is 11.5. The van der Waals surface area contributed by atoms with Gasteiger partial charge in [-0.15, -0.1) is 0 Å². The van der Waals surface area contributed by atoms with E-state index in [2.05, 4.69) is 19.2 Å². The Morgan fingerprint density at radius 1 is 1.00 bits per heavy atom. The van der Waals surface area contributed by atoms with Gasteiger partial charge in [-0.3, -0.25) is 9.10 Å². The number of carbonyl (C=O) groups excluding carboxylic acids is 1. The van der Waals surface area contributed by atoms with Crippen LogP contribution in [0, 0.1) is 6.92 Å². The zero-order valence-electron chi connectivity index (χ0n) is 22.4. The van der Waals surface area contributed by atoms with Gasteiger partial charge in [-0.05, 0) is 69.2 Å². The molecule has 0 unspecified atom stereocenters. The highest BCUT2D eigenvalue weighted by Crippen LogP contribution is 2.42. The number of nitrogens with one attached hydrogen (secondary N) is 1. The molecule has 0 fully saturated rings. The first-order chi connectivity index (χ1) is 18.2. The van der Waals surface area contributed by atoms with Crippen molar-refractivity contribution in [2.24, 2.45) is 0 Å². The lowest BCUT2D eigenvalue weighted by Gasteiger charge is -2.41. The van der Waals surface area contributed by atoms with Gasteiger partial charge >= 0.3 is 0 Å². The van der Waals surface area contributed by atoms with E-state index < -0.39 is 21.5 Å². The van der Waals surface area contributed by atoms with Gasteiger partial charge in [0.05, 0.1) is 23.2 Å². The van der Waals surface area contributed by atoms with Crippen LogP contribution < -0.4 is 19.1 Å². The van der Waals surface area contributed by atoms with Gasteiger partial charge in [0.2, 0.25) is 5.91 Å². The molecule has 0 aliphatic carbocycles. The molecule has 0 saturated carbocycles. The molecule has 0 spiro atoms. The quantitative estimate of drug-likeness (QED) is 0.355. The summed E-state index contributed by atoms with van der Waals surface area (Å²) in [6, 6.07) is 20.8. The minimum absolute atomic E-state index is 0.122. The van der Waals surface area contributed by atoms with E-state index in [0.29, 0.717) is 24.5 Å². The van der Waals surface area contributed by atoms with Crippen molar-refractivity contribution in [1.29, 1.82) is 0 Å².